The predicted octanol–water partition coefficient (Wildman–Crippen LogP) is -1.99. The second-order valence-corrected chi connectivity index (χ2v) is 0.283. The van der Waals surface area contributed by atoms with E-state index in [0.29, 0.717) is 0 Å². The van der Waals surface area contributed by atoms with E-state index in [-0.39, 0.29) is 96.9 Å². The van der Waals surface area contributed by atoms with Crippen LogP contribution in [-0.4, -0.2) is 113 Å². The molecular formula is CH6CaNa2O3. The van der Waals surface area contributed by atoms with Crippen molar-refractivity contribution in [1.29, 1.82) is 0 Å². The predicted molar refractivity (Wildman–Crippen MR) is 33.5 cm³/mol. The van der Waals surface area contributed by atoms with E-state index in [1.165, 1.54) is 0 Å². The summed E-state index contributed by atoms with van der Waals surface area (Å²) in [5.41, 5.74) is 0. The summed E-state index contributed by atoms with van der Waals surface area (Å²) in [6.45, 7) is 0. The van der Waals surface area contributed by atoms with E-state index < -0.39 is 6.16 Å². The molecule has 0 amide bonds. The minimum absolute atomic E-state index is 0. The summed E-state index contributed by atoms with van der Waals surface area (Å²) < 4.78 is 0. The van der Waals surface area contributed by atoms with Crippen molar-refractivity contribution in [2.45, 2.75) is 0 Å². The van der Waals surface area contributed by atoms with Crippen LogP contribution in [0.2, 0.25) is 0 Å². The Bertz CT molecular complexity index is 35.9. The number of carboxylic acid groups (broad SMARTS) is 2. The molecule has 0 saturated heterocycles. The molecule has 6 heteroatoms. The minimum atomic E-state index is -1.83. The Labute approximate surface area is 115 Å². The third-order valence-corrected chi connectivity index (χ3v) is 0. The van der Waals surface area contributed by atoms with Gasteiger partial charge in [0.15, 0.2) is 0 Å². The maximum absolute atomic E-state index is 8.56. The third-order valence-electron chi connectivity index (χ3n) is 0. The Balaban J connectivity index is -0.0000000150. The first-order valence-corrected chi connectivity index (χ1v) is 0.651. The molecule has 0 aromatic carbocycles. The molecule has 0 aliphatic carbocycles. The van der Waals surface area contributed by atoms with Gasteiger partial charge in [0.1, 0.15) is 0 Å². The van der Waals surface area contributed by atoms with Crippen LogP contribution in [0.1, 0.15) is 0 Å². The molecule has 0 aromatic rings. The van der Waals surface area contributed by atoms with Gasteiger partial charge in [-0.25, -0.2) is 4.79 Å². The topological polar surface area (TPSA) is 57.5 Å². The van der Waals surface area contributed by atoms with E-state index in [9.17, 15) is 0 Å². The van der Waals surface area contributed by atoms with Gasteiger partial charge in [0.2, 0.25) is 0 Å². The third kappa shape index (κ3) is 56.8. The van der Waals surface area contributed by atoms with Crippen LogP contribution in [0.4, 0.5) is 4.79 Å². The molecule has 3 nitrogen and oxygen atoms in total. The SMILES string of the molecule is O=C(O)O.[CaH2].[NaH].[NaH]. The van der Waals surface area contributed by atoms with Crippen LogP contribution < -0.4 is 0 Å². The van der Waals surface area contributed by atoms with Gasteiger partial charge in [-0.3, -0.25) is 0 Å². The Hall–Kier alpha value is 2.53. The van der Waals surface area contributed by atoms with Crippen molar-refractivity contribution in [3.05, 3.63) is 0 Å². The summed E-state index contributed by atoms with van der Waals surface area (Å²) >= 11 is 0. The van der Waals surface area contributed by atoms with Gasteiger partial charge in [0.05, 0.1) is 0 Å². The van der Waals surface area contributed by atoms with Gasteiger partial charge in [-0.05, 0) is 0 Å². The number of carbonyl (C=O) groups is 1. The van der Waals surface area contributed by atoms with Gasteiger partial charge in [0.25, 0.3) is 0 Å². The van der Waals surface area contributed by atoms with Crippen molar-refractivity contribution in [3.63, 3.8) is 0 Å². The summed E-state index contributed by atoms with van der Waals surface area (Å²) in [6.07, 6.45) is -1.83. The fourth-order valence-corrected chi connectivity index (χ4v) is 0. The first-order valence-electron chi connectivity index (χ1n) is 0.651. The Morgan fingerprint density at radius 1 is 1.14 bits per heavy atom. The van der Waals surface area contributed by atoms with Crippen LogP contribution in [0.25, 0.3) is 0 Å². The monoisotopic (exact) mass is 152 g/mol. The van der Waals surface area contributed by atoms with E-state index in [4.69, 9.17) is 15.0 Å². The van der Waals surface area contributed by atoms with Gasteiger partial charge in [-0.15, -0.1) is 0 Å². The van der Waals surface area contributed by atoms with E-state index in [2.05, 4.69) is 0 Å². The van der Waals surface area contributed by atoms with Crippen LogP contribution >= 0.6 is 0 Å². The second kappa shape index (κ2) is 15.8. The van der Waals surface area contributed by atoms with Crippen molar-refractivity contribution < 1.29 is 15.0 Å². The average Bonchev–Trinajstić information content (AvgIpc) is 0.811. The quantitative estimate of drug-likeness (QED) is 0.395. The first-order chi connectivity index (χ1) is 1.73. The van der Waals surface area contributed by atoms with E-state index in [0.717, 1.165) is 0 Å². The molecule has 0 aliphatic heterocycles. The molecule has 7 heavy (non-hydrogen) atoms. The van der Waals surface area contributed by atoms with E-state index in [1.54, 1.807) is 0 Å². The van der Waals surface area contributed by atoms with E-state index >= 15 is 0 Å². The summed E-state index contributed by atoms with van der Waals surface area (Å²) in [4.78, 5) is 8.56. The molecule has 0 rings (SSSR count). The van der Waals surface area contributed by atoms with Crippen LogP contribution in [0.15, 0.2) is 0 Å². The molecule has 0 bridgehead atoms. The van der Waals surface area contributed by atoms with Gasteiger partial charge in [-0.1, -0.05) is 0 Å². The molecule has 0 unspecified atom stereocenters. The fourth-order valence-electron chi connectivity index (χ4n) is 0. The van der Waals surface area contributed by atoms with Crippen molar-refractivity contribution in [3.8, 4) is 0 Å². The van der Waals surface area contributed by atoms with E-state index in [1.807, 2.05) is 0 Å². The summed E-state index contributed by atoms with van der Waals surface area (Å²) in [7, 11) is 0. The van der Waals surface area contributed by atoms with Crippen LogP contribution in [0.5, 0.6) is 0 Å². The van der Waals surface area contributed by atoms with Crippen molar-refractivity contribution >= 4 is 103 Å². The average molecular weight is 152 g/mol. The molecule has 0 heterocycles. The zero-order chi connectivity index (χ0) is 3.58. The standard InChI is InChI=1S/CH2O3.Ca.2Na.4H/c2-1(3)4;;;;;;;/h(H2,2,3,4);;;;;;;. The first kappa shape index (κ1) is 22.7. The zero-order valence-corrected chi connectivity index (χ0v) is 1.80. The van der Waals surface area contributed by atoms with Crippen molar-refractivity contribution in [1.82, 2.24) is 0 Å². The Morgan fingerprint density at radius 3 is 1.14 bits per heavy atom. The van der Waals surface area contributed by atoms with Gasteiger partial charge < -0.3 is 10.2 Å². The maximum atomic E-state index is 8.56. The molecule has 0 aliphatic rings. The molecule has 32 valence electrons. The molecule has 0 saturated carbocycles. The van der Waals surface area contributed by atoms with Crippen molar-refractivity contribution in [2.75, 3.05) is 0 Å². The van der Waals surface area contributed by atoms with Gasteiger partial charge in [-0.2, -0.15) is 0 Å². The van der Waals surface area contributed by atoms with Crippen molar-refractivity contribution in [2.24, 2.45) is 0 Å². The molecule has 0 fully saturated rings. The summed E-state index contributed by atoms with van der Waals surface area (Å²) in [6, 6.07) is 0. The van der Waals surface area contributed by atoms with Crippen LogP contribution in [0.3, 0.4) is 0 Å². The summed E-state index contributed by atoms with van der Waals surface area (Å²) in [5.74, 6) is 0. The summed E-state index contributed by atoms with van der Waals surface area (Å²) in [5, 5.41) is 13.9. The fraction of sp³-hybridized carbons (Fsp3) is 0. The molecule has 0 atom stereocenters. The number of rotatable bonds is 0. The molecule has 0 radical (unpaired) electrons. The second-order valence-electron chi connectivity index (χ2n) is 0.283. The zero-order valence-electron chi connectivity index (χ0n) is 1.80. The molecular weight excluding hydrogens is 146 g/mol. The van der Waals surface area contributed by atoms with Gasteiger partial charge >= 0.3 is 103 Å². The molecule has 0 spiro atoms. The molecule has 0 aromatic heterocycles. The van der Waals surface area contributed by atoms with Gasteiger partial charge in [0, 0.05) is 0 Å². The normalized spacial score (nSPS) is 3.43. The number of hydrogen-bond donors (Lipinski definition) is 2. The van der Waals surface area contributed by atoms with Crippen LogP contribution in [0, 0.1) is 0 Å². The Morgan fingerprint density at radius 2 is 1.14 bits per heavy atom. The Kier molecular flexibility index (Phi) is 51.2. The molecule has 2 N–H and O–H groups in total. The van der Waals surface area contributed by atoms with Crippen LogP contribution in [-0.2, 0) is 0 Å². The number of hydrogen-bond acceptors (Lipinski definition) is 1.